The molecule has 8 heteroatoms. The summed E-state index contributed by atoms with van der Waals surface area (Å²) in [6.45, 7) is 1.59. The number of sulfonamides is 1. The molecule has 5 nitrogen and oxygen atoms in total. The van der Waals surface area contributed by atoms with Crippen LogP contribution in [-0.4, -0.2) is 27.1 Å². The summed E-state index contributed by atoms with van der Waals surface area (Å²) in [6.07, 6.45) is 1.93. The Morgan fingerprint density at radius 1 is 0.967 bits per heavy atom. The monoisotopic (exact) mass is 552 g/mol. The molecular formula is C22H21IN2O3S2. The van der Waals surface area contributed by atoms with Gasteiger partial charge >= 0.3 is 0 Å². The number of carbonyl (C=O) groups excluding carboxylic acids is 1. The predicted octanol–water partition coefficient (Wildman–Crippen LogP) is 5.16. The van der Waals surface area contributed by atoms with Gasteiger partial charge in [-0.25, -0.2) is 8.42 Å². The van der Waals surface area contributed by atoms with Gasteiger partial charge in [-0.1, -0.05) is 17.7 Å². The van der Waals surface area contributed by atoms with Crippen molar-refractivity contribution in [2.75, 3.05) is 22.4 Å². The molecule has 0 atom stereocenters. The number of hydrogen-bond acceptors (Lipinski definition) is 4. The van der Waals surface area contributed by atoms with Crippen LogP contribution in [0.25, 0.3) is 0 Å². The number of anilines is 2. The van der Waals surface area contributed by atoms with Gasteiger partial charge in [0.1, 0.15) is 6.54 Å². The molecule has 0 saturated carbocycles. The van der Waals surface area contributed by atoms with Gasteiger partial charge < -0.3 is 5.32 Å². The maximum absolute atomic E-state index is 13.4. The molecule has 1 amide bonds. The highest BCUT2D eigenvalue weighted by molar-refractivity contribution is 14.1. The minimum absolute atomic E-state index is 0.142. The molecule has 0 heterocycles. The van der Waals surface area contributed by atoms with Gasteiger partial charge in [0.25, 0.3) is 10.0 Å². The molecule has 0 bridgehead atoms. The van der Waals surface area contributed by atoms with Crippen LogP contribution in [0.15, 0.2) is 82.6 Å². The summed E-state index contributed by atoms with van der Waals surface area (Å²) in [5.41, 5.74) is 2.06. The molecule has 0 spiro atoms. The standard InChI is InChI=1S/C22H21IN2O3S2/c1-16-3-9-19(10-4-16)25(15-22(26)24-18-7-5-17(23)6-8-18)30(27,28)21-13-11-20(29-2)12-14-21/h3-14H,15H2,1-2H3,(H,24,26). The molecule has 0 fully saturated rings. The summed E-state index contributed by atoms with van der Waals surface area (Å²) in [5, 5.41) is 2.77. The maximum Gasteiger partial charge on any atom is 0.264 e. The van der Waals surface area contributed by atoms with E-state index in [0.717, 1.165) is 18.3 Å². The topological polar surface area (TPSA) is 66.5 Å². The number of nitrogens with one attached hydrogen (secondary N) is 1. The molecule has 0 aliphatic carbocycles. The van der Waals surface area contributed by atoms with Crippen molar-refractivity contribution < 1.29 is 13.2 Å². The second-order valence-electron chi connectivity index (χ2n) is 6.58. The van der Waals surface area contributed by atoms with Crippen molar-refractivity contribution in [3.63, 3.8) is 0 Å². The average molecular weight is 552 g/mol. The van der Waals surface area contributed by atoms with E-state index in [1.54, 1.807) is 48.5 Å². The van der Waals surface area contributed by atoms with Crippen molar-refractivity contribution in [1.29, 1.82) is 0 Å². The third kappa shape index (κ3) is 5.55. The smallest absolute Gasteiger partial charge is 0.264 e. The molecule has 0 radical (unpaired) electrons. The Morgan fingerprint density at radius 3 is 2.13 bits per heavy atom. The number of carbonyl (C=O) groups is 1. The number of aryl methyl sites for hydroxylation is 1. The SMILES string of the molecule is CSc1ccc(S(=O)(=O)N(CC(=O)Nc2ccc(I)cc2)c2ccc(C)cc2)cc1. The second kappa shape index (κ2) is 9.84. The van der Waals surface area contributed by atoms with Crippen LogP contribution >= 0.6 is 34.4 Å². The van der Waals surface area contributed by atoms with Crippen LogP contribution in [0.4, 0.5) is 11.4 Å². The third-order valence-corrected chi connectivity index (χ3v) is 7.64. The van der Waals surface area contributed by atoms with E-state index in [1.807, 2.05) is 37.4 Å². The molecule has 3 aromatic rings. The summed E-state index contributed by atoms with van der Waals surface area (Å²) in [5.74, 6) is -0.416. The van der Waals surface area contributed by atoms with Crippen molar-refractivity contribution in [1.82, 2.24) is 0 Å². The van der Waals surface area contributed by atoms with E-state index < -0.39 is 15.9 Å². The first kappa shape index (κ1) is 22.6. The number of thioether (sulfide) groups is 1. The van der Waals surface area contributed by atoms with E-state index >= 15 is 0 Å². The first-order valence-corrected chi connectivity index (χ1v) is 12.8. The fraction of sp³-hybridized carbons (Fsp3) is 0.136. The minimum atomic E-state index is -3.92. The van der Waals surface area contributed by atoms with E-state index in [1.165, 1.54) is 11.8 Å². The van der Waals surface area contributed by atoms with Gasteiger partial charge in [0, 0.05) is 14.2 Å². The van der Waals surface area contributed by atoms with Crippen LogP contribution in [0.2, 0.25) is 0 Å². The zero-order valence-corrected chi connectivity index (χ0v) is 20.3. The van der Waals surface area contributed by atoms with Crippen LogP contribution in [-0.2, 0) is 14.8 Å². The predicted molar refractivity (Wildman–Crippen MR) is 132 cm³/mol. The fourth-order valence-corrected chi connectivity index (χ4v) is 4.95. The summed E-state index contributed by atoms with van der Waals surface area (Å²) in [7, 11) is -3.92. The van der Waals surface area contributed by atoms with Crippen molar-refractivity contribution in [2.24, 2.45) is 0 Å². The molecular weight excluding hydrogens is 531 g/mol. The zero-order chi connectivity index (χ0) is 21.7. The van der Waals surface area contributed by atoms with E-state index in [9.17, 15) is 13.2 Å². The Labute approximate surface area is 195 Å². The largest absolute Gasteiger partial charge is 0.325 e. The Hall–Kier alpha value is -2.04. The van der Waals surface area contributed by atoms with E-state index in [-0.39, 0.29) is 11.4 Å². The van der Waals surface area contributed by atoms with Crippen molar-refractivity contribution >= 4 is 61.7 Å². The summed E-state index contributed by atoms with van der Waals surface area (Å²) < 4.78 is 29.0. The lowest BCUT2D eigenvalue weighted by atomic mass is 10.2. The van der Waals surface area contributed by atoms with Gasteiger partial charge in [-0.05, 0) is 96.4 Å². The molecule has 3 aromatic carbocycles. The Kier molecular flexibility index (Phi) is 7.43. The molecule has 0 aliphatic rings. The fourth-order valence-electron chi connectivity index (χ4n) is 2.77. The first-order valence-electron chi connectivity index (χ1n) is 9.08. The number of benzene rings is 3. The molecule has 3 rings (SSSR count). The lowest BCUT2D eigenvalue weighted by Gasteiger charge is -2.24. The highest BCUT2D eigenvalue weighted by Gasteiger charge is 2.27. The molecule has 0 aromatic heterocycles. The van der Waals surface area contributed by atoms with E-state index in [2.05, 4.69) is 27.9 Å². The quantitative estimate of drug-likeness (QED) is 0.325. The first-order chi connectivity index (χ1) is 14.3. The Morgan fingerprint density at radius 2 is 1.57 bits per heavy atom. The highest BCUT2D eigenvalue weighted by atomic mass is 127. The van der Waals surface area contributed by atoms with Crippen LogP contribution in [0.5, 0.6) is 0 Å². The zero-order valence-electron chi connectivity index (χ0n) is 16.5. The van der Waals surface area contributed by atoms with Crippen LogP contribution in [0, 0.1) is 10.5 Å². The van der Waals surface area contributed by atoms with E-state index in [0.29, 0.717) is 11.4 Å². The minimum Gasteiger partial charge on any atom is -0.325 e. The van der Waals surface area contributed by atoms with Crippen molar-refractivity contribution in [3.05, 3.63) is 81.9 Å². The molecule has 0 saturated heterocycles. The van der Waals surface area contributed by atoms with Gasteiger partial charge in [-0.15, -0.1) is 11.8 Å². The third-order valence-electron chi connectivity index (χ3n) is 4.38. The van der Waals surface area contributed by atoms with Gasteiger partial charge in [-0.2, -0.15) is 0 Å². The van der Waals surface area contributed by atoms with Gasteiger partial charge in [0.2, 0.25) is 5.91 Å². The number of amides is 1. The Balaban J connectivity index is 1.92. The number of halogens is 1. The summed E-state index contributed by atoms with van der Waals surface area (Å²) >= 11 is 3.71. The highest BCUT2D eigenvalue weighted by Crippen LogP contribution is 2.26. The van der Waals surface area contributed by atoms with Crippen molar-refractivity contribution in [3.8, 4) is 0 Å². The van der Waals surface area contributed by atoms with Crippen LogP contribution in [0.3, 0.4) is 0 Å². The second-order valence-corrected chi connectivity index (χ2v) is 10.6. The average Bonchev–Trinajstić information content (AvgIpc) is 2.74. The molecule has 30 heavy (non-hydrogen) atoms. The normalized spacial score (nSPS) is 11.2. The number of nitrogens with zero attached hydrogens (tertiary/aromatic N) is 1. The molecule has 156 valence electrons. The van der Waals surface area contributed by atoms with Crippen LogP contribution < -0.4 is 9.62 Å². The Bertz CT molecular complexity index is 1110. The van der Waals surface area contributed by atoms with Gasteiger partial charge in [0.15, 0.2) is 0 Å². The van der Waals surface area contributed by atoms with E-state index in [4.69, 9.17) is 0 Å². The van der Waals surface area contributed by atoms with Crippen LogP contribution in [0.1, 0.15) is 5.56 Å². The van der Waals surface area contributed by atoms with Gasteiger partial charge in [0.05, 0.1) is 10.6 Å². The van der Waals surface area contributed by atoms with Crippen molar-refractivity contribution in [2.45, 2.75) is 16.7 Å². The lowest BCUT2D eigenvalue weighted by Crippen LogP contribution is -2.38. The lowest BCUT2D eigenvalue weighted by molar-refractivity contribution is -0.114. The molecule has 1 N–H and O–H groups in total. The molecule has 0 unspecified atom stereocenters. The summed E-state index contributed by atoms with van der Waals surface area (Å²) in [6, 6.07) is 21.0. The van der Waals surface area contributed by atoms with Gasteiger partial charge in [-0.3, -0.25) is 9.10 Å². The number of hydrogen-bond donors (Lipinski definition) is 1. The number of rotatable bonds is 7. The molecule has 0 aliphatic heterocycles. The summed E-state index contributed by atoms with van der Waals surface area (Å²) in [4.78, 5) is 13.8. The maximum atomic E-state index is 13.4.